The van der Waals surface area contributed by atoms with Gasteiger partial charge >= 0.3 is 0 Å². The zero-order valence-corrected chi connectivity index (χ0v) is 18.0. The summed E-state index contributed by atoms with van der Waals surface area (Å²) in [6.07, 6.45) is 3.25. The molecule has 1 heterocycles. The Morgan fingerprint density at radius 2 is 1.32 bits per heavy atom. The summed E-state index contributed by atoms with van der Waals surface area (Å²) >= 11 is 0. The fourth-order valence-electron chi connectivity index (χ4n) is 5.74. The molecular weight excluding hydrogens is 350 g/mol. The molecule has 1 aliphatic heterocycles. The first-order chi connectivity index (χ1) is 12.9. The molecule has 4 heteroatoms. The van der Waals surface area contributed by atoms with E-state index in [-0.39, 0.29) is 34.5 Å². The maximum atomic E-state index is 13.1. The molecule has 3 aliphatic rings. The number of phenols is 1. The summed E-state index contributed by atoms with van der Waals surface area (Å²) in [4.78, 5) is 27.7. The molecule has 4 rings (SSSR count). The van der Waals surface area contributed by atoms with Crippen molar-refractivity contribution in [3.63, 3.8) is 0 Å². The van der Waals surface area contributed by atoms with Gasteiger partial charge in [0.1, 0.15) is 5.75 Å². The Hall–Kier alpha value is -1.84. The van der Waals surface area contributed by atoms with Crippen molar-refractivity contribution in [1.82, 2.24) is 4.90 Å². The number of hydrogen-bond donors (Lipinski definition) is 1. The Labute approximate surface area is 168 Å². The highest BCUT2D eigenvalue weighted by Crippen LogP contribution is 2.56. The van der Waals surface area contributed by atoms with Gasteiger partial charge in [0, 0.05) is 0 Å². The second-order valence-corrected chi connectivity index (χ2v) is 11.2. The fourth-order valence-corrected chi connectivity index (χ4v) is 5.74. The standard InChI is InChI=1S/C24H33NO3/c1-23(2,3)16-9-13(10-17(20(16)26)24(4,5)6)12-25-21(27)18-14-7-8-15(11-14)19(18)22(25)28/h9-10,14-15,18-19,26H,7-8,11-12H2,1-6H3. The van der Waals surface area contributed by atoms with Crippen LogP contribution < -0.4 is 0 Å². The number of rotatable bonds is 2. The van der Waals surface area contributed by atoms with Gasteiger partial charge in [0.05, 0.1) is 18.4 Å². The number of aromatic hydroxyl groups is 1. The Kier molecular flexibility index (Phi) is 4.23. The monoisotopic (exact) mass is 383 g/mol. The molecule has 2 amide bonds. The van der Waals surface area contributed by atoms with Gasteiger partial charge in [0.15, 0.2) is 0 Å². The van der Waals surface area contributed by atoms with Crippen molar-refractivity contribution in [2.24, 2.45) is 23.7 Å². The summed E-state index contributed by atoms with van der Waals surface area (Å²) < 4.78 is 0. The van der Waals surface area contributed by atoms with Crippen LogP contribution in [-0.2, 0) is 27.0 Å². The maximum Gasteiger partial charge on any atom is 0.233 e. The number of imide groups is 1. The average molecular weight is 384 g/mol. The third-order valence-corrected chi connectivity index (χ3v) is 7.15. The molecular formula is C24H33NO3. The minimum Gasteiger partial charge on any atom is -0.507 e. The van der Waals surface area contributed by atoms with Crippen LogP contribution in [0.3, 0.4) is 0 Å². The van der Waals surface area contributed by atoms with E-state index in [9.17, 15) is 14.7 Å². The van der Waals surface area contributed by atoms with E-state index in [1.54, 1.807) is 0 Å². The molecule has 1 aromatic carbocycles. The smallest absolute Gasteiger partial charge is 0.233 e. The van der Waals surface area contributed by atoms with E-state index in [2.05, 4.69) is 41.5 Å². The Balaban J connectivity index is 1.70. The molecule has 152 valence electrons. The molecule has 3 fully saturated rings. The average Bonchev–Trinajstić information content (AvgIpc) is 3.24. The predicted molar refractivity (Wildman–Crippen MR) is 109 cm³/mol. The lowest BCUT2D eigenvalue weighted by Gasteiger charge is -2.29. The van der Waals surface area contributed by atoms with Crippen LogP contribution in [0.1, 0.15) is 77.5 Å². The fraction of sp³-hybridized carbons (Fsp3) is 0.667. The van der Waals surface area contributed by atoms with Crippen LogP contribution in [0, 0.1) is 23.7 Å². The molecule has 28 heavy (non-hydrogen) atoms. The minimum atomic E-state index is -0.227. The number of benzene rings is 1. The molecule has 2 aliphatic carbocycles. The molecule has 1 saturated heterocycles. The molecule has 1 N–H and O–H groups in total. The number of carbonyl (C=O) groups excluding carboxylic acids is 2. The highest BCUT2D eigenvalue weighted by Gasteiger charge is 2.60. The van der Waals surface area contributed by atoms with Gasteiger partial charge in [-0.05, 0) is 70.8 Å². The van der Waals surface area contributed by atoms with E-state index in [0.29, 0.717) is 24.1 Å². The third-order valence-electron chi connectivity index (χ3n) is 7.15. The number of nitrogens with zero attached hydrogens (tertiary/aromatic N) is 1. The zero-order valence-electron chi connectivity index (χ0n) is 18.0. The van der Waals surface area contributed by atoms with Gasteiger partial charge < -0.3 is 5.11 Å². The van der Waals surface area contributed by atoms with E-state index < -0.39 is 0 Å². The van der Waals surface area contributed by atoms with Gasteiger partial charge in [0.2, 0.25) is 11.8 Å². The highest BCUT2D eigenvalue weighted by molar-refractivity contribution is 6.06. The van der Waals surface area contributed by atoms with E-state index in [0.717, 1.165) is 36.0 Å². The van der Waals surface area contributed by atoms with E-state index >= 15 is 0 Å². The summed E-state index contributed by atoms with van der Waals surface area (Å²) in [5.41, 5.74) is 2.22. The molecule has 2 bridgehead atoms. The summed E-state index contributed by atoms with van der Waals surface area (Å²) in [5.74, 6) is 1.06. The highest BCUT2D eigenvalue weighted by atomic mass is 16.3. The van der Waals surface area contributed by atoms with Crippen LogP contribution in [0.2, 0.25) is 0 Å². The second-order valence-electron chi connectivity index (χ2n) is 11.2. The summed E-state index contributed by atoms with van der Waals surface area (Å²) in [6.45, 7) is 12.8. The number of likely N-dealkylation sites (tertiary alicyclic amines) is 1. The van der Waals surface area contributed by atoms with Crippen LogP contribution in [0.4, 0.5) is 0 Å². The summed E-state index contributed by atoms with van der Waals surface area (Å²) in [6, 6.07) is 3.96. The molecule has 1 aromatic rings. The molecule has 4 unspecified atom stereocenters. The van der Waals surface area contributed by atoms with Gasteiger partial charge in [-0.2, -0.15) is 0 Å². The third kappa shape index (κ3) is 2.87. The number of amides is 2. The second kappa shape index (κ2) is 6.08. The first-order valence-corrected chi connectivity index (χ1v) is 10.6. The topological polar surface area (TPSA) is 57.6 Å². The number of carbonyl (C=O) groups is 2. The quantitative estimate of drug-likeness (QED) is 0.764. The van der Waals surface area contributed by atoms with E-state index in [1.165, 1.54) is 4.90 Å². The Morgan fingerprint density at radius 3 is 1.71 bits per heavy atom. The van der Waals surface area contributed by atoms with Crippen LogP contribution in [0.15, 0.2) is 12.1 Å². The van der Waals surface area contributed by atoms with Gasteiger partial charge in [-0.15, -0.1) is 0 Å². The Morgan fingerprint density at radius 1 is 0.893 bits per heavy atom. The van der Waals surface area contributed by atoms with Crippen molar-refractivity contribution in [1.29, 1.82) is 0 Å². The van der Waals surface area contributed by atoms with Gasteiger partial charge in [0.25, 0.3) is 0 Å². The Bertz CT molecular complexity index is 779. The number of phenolic OH excluding ortho intramolecular Hbond substituents is 1. The first-order valence-electron chi connectivity index (χ1n) is 10.6. The van der Waals surface area contributed by atoms with Crippen LogP contribution >= 0.6 is 0 Å². The first kappa shape index (κ1) is 19.5. The molecule has 4 nitrogen and oxygen atoms in total. The van der Waals surface area contributed by atoms with Crippen molar-refractivity contribution in [3.8, 4) is 5.75 Å². The van der Waals surface area contributed by atoms with Crippen molar-refractivity contribution in [2.75, 3.05) is 0 Å². The summed E-state index contributed by atoms with van der Waals surface area (Å²) in [7, 11) is 0. The normalized spacial score (nSPS) is 29.7. The van der Waals surface area contributed by atoms with Crippen LogP contribution in [-0.4, -0.2) is 21.8 Å². The predicted octanol–water partition coefficient (Wildman–Crippen LogP) is 4.52. The van der Waals surface area contributed by atoms with Crippen molar-refractivity contribution in [3.05, 3.63) is 28.8 Å². The van der Waals surface area contributed by atoms with Crippen molar-refractivity contribution < 1.29 is 14.7 Å². The van der Waals surface area contributed by atoms with Crippen LogP contribution in [0.5, 0.6) is 5.75 Å². The summed E-state index contributed by atoms with van der Waals surface area (Å²) in [5, 5.41) is 10.9. The van der Waals surface area contributed by atoms with Crippen LogP contribution in [0.25, 0.3) is 0 Å². The van der Waals surface area contributed by atoms with Gasteiger partial charge in [-0.25, -0.2) is 0 Å². The number of hydrogen-bond acceptors (Lipinski definition) is 3. The largest absolute Gasteiger partial charge is 0.507 e. The van der Waals surface area contributed by atoms with E-state index in [4.69, 9.17) is 0 Å². The van der Waals surface area contributed by atoms with E-state index in [1.807, 2.05) is 12.1 Å². The molecule has 4 atom stereocenters. The zero-order chi connectivity index (χ0) is 20.6. The molecule has 0 spiro atoms. The lowest BCUT2D eigenvalue weighted by atomic mass is 9.78. The maximum absolute atomic E-state index is 13.1. The molecule has 0 aromatic heterocycles. The van der Waals surface area contributed by atoms with Gasteiger partial charge in [-0.3, -0.25) is 14.5 Å². The minimum absolute atomic E-state index is 0.0323. The van der Waals surface area contributed by atoms with Crippen molar-refractivity contribution in [2.45, 2.75) is 78.2 Å². The lowest BCUT2D eigenvalue weighted by molar-refractivity contribution is -0.141. The molecule has 2 saturated carbocycles. The number of fused-ring (bicyclic) bond motifs is 5. The van der Waals surface area contributed by atoms with Crippen molar-refractivity contribution >= 4 is 11.8 Å². The van der Waals surface area contributed by atoms with Gasteiger partial charge in [-0.1, -0.05) is 41.5 Å². The lowest BCUT2D eigenvalue weighted by Crippen LogP contribution is -2.32. The molecule has 0 radical (unpaired) electrons. The SMILES string of the molecule is CC(C)(C)c1cc(CN2C(=O)C3C4CCC(C4)C3C2=O)cc(C(C)(C)C)c1O.